The molecule has 0 saturated carbocycles. The summed E-state index contributed by atoms with van der Waals surface area (Å²) in [6.45, 7) is 4.06. The summed E-state index contributed by atoms with van der Waals surface area (Å²) in [5, 5.41) is 11.0. The number of piperidine rings is 1. The number of amides is 1. The molecule has 23 heavy (non-hydrogen) atoms. The van der Waals surface area contributed by atoms with Crippen molar-refractivity contribution in [1.29, 1.82) is 0 Å². The normalized spacial score (nSPS) is 20.5. The Morgan fingerprint density at radius 2 is 1.91 bits per heavy atom. The lowest BCUT2D eigenvalue weighted by molar-refractivity contribution is -0.385. The average Bonchev–Trinajstić information content (AvgIpc) is 2.56. The van der Waals surface area contributed by atoms with Crippen LogP contribution in [-0.2, 0) is 9.47 Å². The molecule has 0 bridgehead atoms. The Morgan fingerprint density at radius 1 is 1.26 bits per heavy atom. The molecule has 2 aliphatic rings. The molecule has 1 aromatic carbocycles. The summed E-state index contributed by atoms with van der Waals surface area (Å²) >= 11 is 0. The highest BCUT2D eigenvalue weighted by Crippen LogP contribution is 2.32. The average molecular weight is 320 g/mol. The van der Waals surface area contributed by atoms with E-state index in [0.717, 1.165) is 6.42 Å². The Kier molecular flexibility index (Phi) is 4.32. The van der Waals surface area contributed by atoms with Crippen molar-refractivity contribution in [3.05, 3.63) is 39.4 Å². The molecular formula is C16H20N2O5. The number of hydrogen-bond donors (Lipinski definition) is 0. The molecule has 7 nitrogen and oxygen atoms in total. The molecule has 2 heterocycles. The van der Waals surface area contributed by atoms with Gasteiger partial charge in [-0.3, -0.25) is 14.9 Å². The van der Waals surface area contributed by atoms with Crippen molar-refractivity contribution in [2.45, 2.75) is 32.0 Å². The van der Waals surface area contributed by atoms with E-state index in [4.69, 9.17) is 9.47 Å². The van der Waals surface area contributed by atoms with Crippen LogP contribution in [0.3, 0.4) is 0 Å². The fourth-order valence-corrected chi connectivity index (χ4v) is 3.18. The number of ether oxygens (including phenoxy) is 2. The largest absolute Gasteiger partial charge is 0.350 e. The molecule has 2 fully saturated rings. The van der Waals surface area contributed by atoms with Crippen molar-refractivity contribution in [2.75, 3.05) is 26.3 Å². The number of hydrogen-bond acceptors (Lipinski definition) is 5. The van der Waals surface area contributed by atoms with E-state index in [2.05, 4.69) is 0 Å². The first-order valence-electron chi connectivity index (χ1n) is 7.84. The van der Waals surface area contributed by atoms with Crippen LogP contribution in [0.1, 0.15) is 35.2 Å². The molecule has 124 valence electrons. The van der Waals surface area contributed by atoms with E-state index >= 15 is 0 Å². The fraction of sp³-hybridized carbons (Fsp3) is 0.562. The first-order valence-corrected chi connectivity index (χ1v) is 7.84. The quantitative estimate of drug-likeness (QED) is 0.617. The number of nitro groups is 1. The number of likely N-dealkylation sites (tertiary alicyclic amines) is 1. The van der Waals surface area contributed by atoms with Crippen LogP contribution < -0.4 is 0 Å². The van der Waals surface area contributed by atoms with Crippen molar-refractivity contribution in [1.82, 2.24) is 4.90 Å². The van der Waals surface area contributed by atoms with E-state index in [-0.39, 0.29) is 11.6 Å². The van der Waals surface area contributed by atoms with Gasteiger partial charge < -0.3 is 14.4 Å². The van der Waals surface area contributed by atoms with E-state index < -0.39 is 10.7 Å². The molecule has 2 saturated heterocycles. The van der Waals surface area contributed by atoms with Gasteiger partial charge in [-0.2, -0.15) is 0 Å². The number of carbonyl (C=O) groups is 1. The zero-order valence-electron chi connectivity index (χ0n) is 13.1. The van der Waals surface area contributed by atoms with Crippen molar-refractivity contribution in [3.63, 3.8) is 0 Å². The molecule has 0 N–H and O–H groups in total. The smallest absolute Gasteiger partial charge is 0.273 e. The molecule has 0 aliphatic carbocycles. The Bertz CT molecular complexity index is 615. The molecule has 0 atom stereocenters. The van der Waals surface area contributed by atoms with Gasteiger partial charge >= 0.3 is 0 Å². The first-order chi connectivity index (χ1) is 11.0. The summed E-state index contributed by atoms with van der Waals surface area (Å²) < 4.78 is 11.5. The van der Waals surface area contributed by atoms with Gasteiger partial charge in [-0.05, 0) is 19.4 Å². The third-order valence-corrected chi connectivity index (χ3v) is 4.56. The third-order valence-electron chi connectivity index (χ3n) is 4.56. The van der Waals surface area contributed by atoms with Crippen molar-refractivity contribution >= 4 is 11.6 Å². The molecule has 0 unspecified atom stereocenters. The van der Waals surface area contributed by atoms with Gasteiger partial charge in [0.05, 0.1) is 18.1 Å². The minimum atomic E-state index is -0.549. The Hall–Kier alpha value is -1.99. The van der Waals surface area contributed by atoms with Gasteiger partial charge in [0.25, 0.3) is 11.6 Å². The molecule has 1 amide bonds. The van der Waals surface area contributed by atoms with E-state index in [1.807, 2.05) is 0 Å². The highest BCUT2D eigenvalue weighted by molar-refractivity contribution is 5.96. The summed E-state index contributed by atoms with van der Waals surface area (Å²) in [5.41, 5.74) is 0.775. The first kappa shape index (κ1) is 15.9. The number of rotatable bonds is 2. The summed E-state index contributed by atoms with van der Waals surface area (Å²) in [6.07, 6.45) is 2.16. The molecular weight excluding hydrogens is 300 g/mol. The molecule has 2 aliphatic heterocycles. The lowest BCUT2D eigenvalue weighted by atomic mass is 10.00. The highest BCUT2D eigenvalue weighted by Gasteiger charge is 2.39. The Labute approximate surface area is 134 Å². The second-order valence-corrected chi connectivity index (χ2v) is 5.96. The van der Waals surface area contributed by atoms with Crippen LogP contribution in [0.2, 0.25) is 0 Å². The van der Waals surface area contributed by atoms with Crippen LogP contribution in [0.15, 0.2) is 18.2 Å². The zero-order valence-corrected chi connectivity index (χ0v) is 13.1. The van der Waals surface area contributed by atoms with Crippen molar-refractivity contribution in [2.24, 2.45) is 0 Å². The summed E-state index contributed by atoms with van der Waals surface area (Å²) in [6, 6.07) is 4.61. The van der Waals surface area contributed by atoms with Crippen LogP contribution in [-0.4, -0.2) is 47.8 Å². The van der Waals surface area contributed by atoms with E-state index in [9.17, 15) is 14.9 Å². The molecule has 1 aromatic rings. The predicted octanol–water partition coefficient (Wildman–Crippen LogP) is 2.27. The topological polar surface area (TPSA) is 81.9 Å². The van der Waals surface area contributed by atoms with E-state index in [1.165, 1.54) is 6.07 Å². The molecule has 0 radical (unpaired) electrons. The number of benzene rings is 1. The highest BCUT2D eigenvalue weighted by atomic mass is 16.7. The second-order valence-electron chi connectivity index (χ2n) is 5.96. The van der Waals surface area contributed by atoms with Crippen LogP contribution >= 0.6 is 0 Å². The maximum Gasteiger partial charge on any atom is 0.273 e. The number of carbonyl (C=O) groups excluding carboxylic acids is 1. The monoisotopic (exact) mass is 320 g/mol. The second kappa shape index (κ2) is 6.25. The SMILES string of the molecule is Cc1c(C(=O)N2CCC3(CC2)OCCCO3)cccc1[N+](=O)[O-]. The Morgan fingerprint density at radius 3 is 2.52 bits per heavy atom. The van der Waals surface area contributed by atoms with Gasteiger partial charge in [0.1, 0.15) is 0 Å². The van der Waals surface area contributed by atoms with Crippen LogP contribution in [0.25, 0.3) is 0 Å². The summed E-state index contributed by atoms with van der Waals surface area (Å²) in [4.78, 5) is 25.0. The molecule has 7 heteroatoms. The Balaban J connectivity index is 1.73. The lowest BCUT2D eigenvalue weighted by Gasteiger charge is -2.43. The maximum absolute atomic E-state index is 12.7. The van der Waals surface area contributed by atoms with Crippen LogP contribution in [0.5, 0.6) is 0 Å². The zero-order chi connectivity index (χ0) is 16.4. The van der Waals surface area contributed by atoms with Gasteiger partial charge in [-0.25, -0.2) is 0 Å². The summed E-state index contributed by atoms with van der Waals surface area (Å²) in [7, 11) is 0. The van der Waals surface area contributed by atoms with Crippen molar-refractivity contribution < 1.29 is 19.2 Å². The van der Waals surface area contributed by atoms with Gasteiger partial charge in [-0.1, -0.05) is 6.07 Å². The standard InChI is InChI=1S/C16H20N2O5/c1-12-13(4-2-5-14(12)18(20)21)15(19)17-8-6-16(7-9-17)22-10-3-11-23-16/h2,4-5H,3,6-11H2,1H3. The van der Waals surface area contributed by atoms with E-state index in [0.29, 0.717) is 50.3 Å². The lowest BCUT2D eigenvalue weighted by Crippen LogP contribution is -2.51. The molecule has 3 rings (SSSR count). The van der Waals surface area contributed by atoms with Gasteiger partial charge in [-0.15, -0.1) is 0 Å². The minimum absolute atomic E-state index is 0.0247. The number of nitrogens with zero attached hydrogens (tertiary/aromatic N) is 2. The van der Waals surface area contributed by atoms with Crippen LogP contribution in [0.4, 0.5) is 5.69 Å². The van der Waals surface area contributed by atoms with Gasteiger partial charge in [0, 0.05) is 43.1 Å². The van der Waals surface area contributed by atoms with Gasteiger partial charge in [0.15, 0.2) is 5.79 Å². The minimum Gasteiger partial charge on any atom is -0.350 e. The predicted molar refractivity (Wildman–Crippen MR) is 82.2 cm³/mol. The third kappa shape index (κ3) is 3.07. The fourth-order valence-electron chi connectivity index (χ4n) is 3.18. The maximum atomic E-state index is 12.7. The number of nitro benzene ring substituents is 1. The molecule has 1 spiro atoms. The van der Waals surface area contributed by atoms with E-state index in [1.54, 1.807) is 24.0 Å². The van der Waals surface area contributed by atoms with Crippen LogP contribution in [0, 0.1) is 17.0 Å². The van der Waals surface area contributed by atoms with Gasteiger partial charge in [0.2, 0.25) is 0 Å². The summed E-state index contributed by atoms with van der Waals surface area (Å²) in [5.74, 6) is -0.718. The molecule has 0 aromatic heterocycles. The van der Waals surface area contributed by atoms with Crippen molar-refractivity contribution in [3.8, 4) is 0 Å².